The number of ether oxygens (including phenoxy) is 2. The van der Waals surface area contributed by atoms with E-state index in [-0.39, 0.29) is 5.78 Å². The van der Waals surface area contributed by atoms with Crippen molar-refractivity contribution < 1.29 is 14.3 Å². The predicted molar refractivity (Wildman–Crippen MR) is 243 cm³/mol. The molecule has 4 heteroatoms. The molecule has 0 N–H and O–H groups in total. The summed E-state index contributed by atoms with van der Waals surface area (Å²) in [7, 11) is 0. The smallest absolute Gasteiger partial charge is 0.185 e. The second kappa shape index (κ2) is 36.2. The van der Waals surface area contributed by atoms with Crippen molar-refractivity contribution in [2.24, 2.45) is 0 Å². The van der Waals surface area contributed by atoms with Gasteiger partial charge in [0.05, 0.1) is 13.2 Å². The Labute approximate surface area is 345 Å². The Balaban J connectivity index is 1.58. The zero-order valence-corrected chi connectivity index (χ0v) is 37.0. The molecule has 0 aliphatic carbocycles. The lowest BCUT2D eigenvalue weighted by molar-refractivity contribution is 0.104. The molecule has 0 saturated carbocycles. The first-order chi connectivity index (χ1) is 27.2. The number of rotatable bonds is 39. The van der Waals surface area contributed by atoms with Crippen LogP contribution in [0.4, 0.5) is 0 Å². The molecular weight excluding hydrogens is 693 g/mol. The number of carbonyl (C=O) groups excluding carboxylic acids is 1. The number of allylic oxidation sites excluding steroid dienone is 1. The van der Waals surface area contributed by atoms with E-state index in [1.54, 1.807) is 6.08 Å². The predicted octanol–water partition coefficient (Wildman–Crippen LogP) is 17.2. The lowest BCUT2D eigenvalue weighted by Gasteiger charge is -2.14. The molecule has 0 heterocycles. The maximum atomic E-state index is 13.2. The fourth-order valence-corrected chi connectivity index (χ4v) is 8.07. The van der Waals surface area contributed by atoms with Crippen molar-refractivity contribution in [3.05, 3.63) is 59.7 Å². The molecule has 2 aromatic rings. The highest BCUT2D eigenvalue weighted by molar-refractivity contribution is 7.99. The maximum absolute atomic E-state index is 13.2. The first-order valence-electron chi connectivity index (χ1n) is 23.5. The van der Waals surface area contributed by atoms with Crippen LogP contribution in [0, 0.1) is 0 Å². The summed E-state index contributed by atoms with van der Waals surface area (Å²) in [5.41, 5.74) is 1.68. The molecule has 0 amide bonds. The van der Waals surface area contributed by atoms with Crippen LogP contribution in [0.3, 0.4) is 0 Å². The first-order valence-corrected chi connectivity index (χ1v) is 24.5. The number of hydrogen-bond donors (Lipinski definition) is 0. The van der Waals surface area contributed by atoms with Crippen LogP contribution in [0.15, 0.2) is 53.4 Å². The van der Waals surface area contributed by atoms with E-state index in [2.05, 4.69) is 45.0 Å². The van der Waals surface area contributed by atoms with Crippen LogP contribution in [0.25, 0.3) is 6.08 Å². The highest BCUT2D eigenvalue weighted by Gasteiger charge is 2.11. The van der Waals surface area contributed by atoms with E-state index in [0.29, 0.717) is 24.5 Å². The molecule has 0 bridgehead atoms. The van der Waals surface area contributed by atoms with Gasteiger partial charge < -0.3 is 9.47 Å². The number of carbonyl (C=O) groups is 1. The normalized spacial score (nSPS) is 11.5. The van der Waals surface area contributed by atoms with E-state index in [0.717, 1.165) is 24.2 Å². The molecule has 55 heavy (non-hydrogen) atoms. The molecule has 312 valence electrons. The average molecular weight is 777 g/mol. The number of hydrogen-bond acceptors (Lipinski definition) is 4. The van der Waals surface area contributed by atoms with Gasteiger partial charge in [0.15, 0.2) is 17.3 Å². The van der Waals surface area contributed by atoms with Crippen molar-refractivity contribution in [1.82, 2.24) is 0 Å². The third kappa shape index (κ3) is 27.1. The van der Waals surface area contributed by atoms with Crippen molar-refractivity contribution in [1.29, 1.82) is 0 Å². The van der Waals surface area contributed by atoms with Crippen molar-refractivity contribution in [3.63, 3.8) is 0 Å². The Morgan fingerprint density at radius 2 is 0.873 bits per heavy atom. The minimum atomic E-state index is -0.0167. The number of benzene rings is 2. The number of ketones is 1. The van der Waals surface area contributed by atoms with Gasteiger partial charge in [0.25, 0.3) is 0 Å². The van der Waals surface area contributed by atoms with Crippen molar-refractivity contribution in [3.8, 4) is 11.5 Å². The summed E-state index contributed by atoms with van der Waals surface area (Å²) < 4.78 is 12.3. The topological polar surface area (TPSA) is 35.5 Å². The molecule has 0 aliphatic rings. The fraction of sp³-hybridized carbons (Fsp3) is 0.706. The van der Waals surface area contributed by atoms with Crippen LogP contribution in [-0.4, -0.2) is 24.7 Å². The average Bonchev–Trinajstić information content (AvgIpc) is 3.21. The van der Waals surface area contributed by atoms with Crippen LogP contribution >= 0.6 is 11.8 Å². The summed E-state index contributed by atoms with van der Waals surface area (Å²) in [5, 5.41) is 0. The first kappa shape index (κ1) is 48.9. The molecule has 0 radical (unpaired) electrons. The monoisotopic (exact) mass is 777 g/mol. The number of unbranched alkanes of at least 4 members (excludes halogenated alkanes) is 27. The molecule has 2 rings (SSSR count). The van der Waals surface area contributed by atoms with Gasteiger partial charge >= 0.3 is 0 Å². The van der Waals surface area contributed by atoms with Gasteiger partial charge in [0, 0.05) is 10.5 Å². The largest absolute Gasteiger partial charge is 0.490 e. The third-order valence-electron chi connectivity index (χ3n) is 10.8. The summed E-state index contributed by atoms with van der Waals surface area (Å²) in [6.45, 7) is 8.09. The zero-order chi connectivity index (χ0) is 39.3. The standard InChI is InChI=1S/C51H84O3S/c1-4-7-10-13-14-15-16-17-18-19-20-21-22-23-24-25-26-27-30-33-44-55-48-38-34-46(35-39-48)36-40-49(52)47-37-41-50(53-42-31-28-11-8-5-2)51(45-47)54-43-32-29-12-9-6-3/h34-41,45H,4-33,42-44H2,1-3H3. The molecular formula is C51H84O3S. The van der Waals surface area contributed by atoms with Gasteiger partial charge in [0.2, 0.25) is 0 Å². The highest BCUT2D eigenvalue weighted by Crippen LogP contribution is 2.30. The van der Waals surface area contributed by atoms with Crippen molar-refractivity contribution in [2.45, 2.75) is 218 Å². The zero-order valence-electron chi connectivity index (χ0n) is 36.2. The second-order valence-electron chi connectivity index (χ2n) is 16.0. The van der Waals surface area contributed by atoms with Crippen LogP contribution in [-0.2, 0) is 0 Å². The van der Waals surface area contributed by atoms with E-state index in [1.165, 1.54) is 190 Å². The Hall–Kier alpha value is -2.20. The lowest BCUT2D eigenvalue weighted by atomic mass is 10.0. The minimum absolute atomic E-state index is 0.0167. The lowest BCUT2D eigenvalue weighted by Crippen LogP contribution is -2.04. The van der Waals surface area contributed by atoms with Gasteiger partial charge in [-0.25, -0.2) is 0 Å². The van der Waals surface area contributed by atoms with Gasteiger partial charge in [-0.15, -0.1) is 11.8 Å². The Bertz CT molecular complexity index is 1190. The summed E-state index contributed by atoms with van der Waals surface area (Å²) >= 11 is 1.95. The van der Waals surface area contributed by atoms with E-state index in [1.807, 2.05) is 36.0 Å². The molecule has 2 aromatic carbocycles. The third-order valence-corrected chi connectivity index (χ3v) is 11.9. The molecule has 0 unspecified atom stereocenters. The molecule has 0 atom stereocenters. The van der Waals surface area contributed by atoms with Gasteiger partial charge in [-0.3, -0.25) is 4.79 Å². The molecule has 0 fully saturated rings. The Morgan fingerprint density at radius 3 is 1.33 bits per heavy atom. The van der Waals surface area contributed by atoms with Gasteiger partial charge in [-0.2, -0.15) is 0 Å². The summed E-state index contributed by atoms with van der Waals surface area (Å²) in [4.78, 5) is 14.5. The summed E-state index contributed by atoms with van der Waals surface area (Å²) in [5.74, 6) is 2.59. The van der Waals surface area contributed by atoms with Crippen molar-refractivity contribution >= 4 is 23.6 Å². The molecule has 3 nitrogen and oxygen atoms in total. The van der Waals surface area contributed by atoms with E-state index in [9.17, 15) is 4.79 Å². The summed E-state index contributed by atoms with van der Waals surface area (Å²) in [6, 6.07) is 14.3. The molecule has 0 aliphatic heterocycles. The highest BCUT2D eigenvalue weighted by atomic mass is 32.2. The molecule has 0 saturated heterocycles. The van der Waals surface area contributed by atoms with Gasteiger partial charge in [0.1, 0.15) is 0 Å². The quantitative estimate of drug-likeness (QED) is 0.0293. The van der Waals surface area contributed by atoms with Crippen LogP contribution < -0.4 is 9.47 Å². The van der Waals surface area contributed by atoms with E-state index >= 15 is 0 Å². The Morgan fingerprint density at radius 1 is 0.473 bits per heavy atom. The number of thioether (sulfide) groups is 1. The van der Waals surface area contributed by atoms with E-state index < -0.39 is 0 Å². The van der Waals surface area contributed by atoms with E-state index in [4.69, 9.17) is 9.47 Å². The van der Waals surface area contributed by atoms with Crippen LogP contribution in [0.1, 0.15) is 229 Å². The van der Waals surface area contributed by atoms with Crippen molar-refractivity contribution in [2.75, 3.05) is 19.0 Å². The minimum Gasteiger partial charge on any atom is -0.490 e. The van der Waals surface area contributed by atoms with Gasteiger partial charge in [-0.05, 0) is 67.0 Å². The maximum Gasteiger partial charge on any atom is 0.185 e. The van der Waals surface area contributed by atoms with Crippen LogP contribution in [0.2, 0.25) is 0 Å². The van der Waals surface area contributed by atoms with Crippen LogP contribution in [0.5, 0.6) is 11.5 Å². The fourth-order valence-electron chi connectivity index (χ4n) is 7.16. The SMILES string of the molecule is CCCCCCCCCCCCCCCCCCCCCCSc1ccc(C=CC(=O)c2ccc(OCCCCCCC)c(OCCCCCCC)c2)cc1. The second-order valence-corrected chi connectivity index (χ2v) is 17.2. The summed E-state index contributed by atoms with van der Waals surface area (Å²) in [6.07, 6.45) is 44.0. The molecule has 0 spiro atoms. The van der Waals surface area contributed by atoms with Gasteiger partial charge in [-0.1, -0.05) is 212 Å². The molecule has 0 aromatic heterocycles. The Kier molecular flexibility index (Phi) is 32.2.